The zero-order chi connectivity index (χ0) is 26.9. The van der Waals surface area contributed by atoms with E-state index in [-0.39, 0.29) is 11.5 Å². The summed E-state index contributed by atoms with van der Waals surface area (Å²) in [7, 11) is -3.62. The first kappa shape index (κ1) is 26.2. The number of hydrogen-bond donors (Lipinski definition) is 1. The number of hydrazine groups is 1. The van der Waals surface area contributed by atoms with E-state index in [1.165, 1.54) is 0 Å². The van der Waals surface area contributed by atoms with E-state index >= 15 is 0 Å². The van der Waals surface area contributed by atoms with Crippen LogP contribution in [-0.4, -0.2) is 35.2 Å². The predicted octanol–water partition coefficient (Wildman–Crippen LogP) is 6.09. The summed E-state index contributed by atoms with van der Waals surface area (Å²) in [6.07, 6.45) is 4.00. The molecule has 2 heterocycles. The summed E-state index contributed by atoms with van der Waals surface area (Å²) in [5.74, 6) is 0.823. The third kappa shape index (κ3) is 5.26. The van der Waals surface area contributed by atoms with Gasteiger partial charge in [0.25, 0.3) is 0 Å². The number of aromatic amines is 1. The highest BCUT2D eigenvalue weighted by Crippen LogP contribution is 2.36. The van der Waals surface area contributed by atoms with Gasteiger partial charge in [-0.1, -0.05) is 81.4 Å². The molecule has 1 aliphatic rings. The highest BCUT2D eigenvalue weighted by molar-refractivity contribution is 7.92. The molecule has 0 bridgehead atoms. The Kier molecular flexibility index (Phi) is 7.16. The van der Waals surface area contributed by atoms with Crippen molar-refractivity contribution in [2.75, 3.05) is 11.6 Å². The van der Waals surface area contributed by atoms with Crippen LogP contribution in [0.15, 0.2) is 96.2 Å². The second kappa shape index (κ2) is 10.4. The highest BCUT2D eigenvalue weighted by Gasteiger charge is 2.38. The first-order valence-electron chi connectivity index (χ1n) is 13.1. The number of benzene rings is 3. The molecule has 1 N–H and O–H groups in total. The number of nitrogens with one attached hydrogen (secondary N) is 1. The van der Waals surface area contributed by atoms with Crippen molar-refractivity contribution in [3.05, 3.63) is 114 Å². The average Bonchev–Trinajstić information content (AvgIpc) is 3.37. The monoisotopic (exact) mass is 528 g/mol. The van der Waals surface area contributed by atoms with Crippen molar-refractivity contribution in [2.24, 2.45) is 0 Å². The molecule has 0 radical (unpaired) electrons. The summed E-state index contributed by atoms with van der Waals surface area (Å²) in [5.41, 5.74) is 4.22. The fourth-order valence-electron chi connectivity index (χ4n) is 5.21. The predicted molar refractivity (Wildman–Crippen MR) is 153 cm³/mol. The van der Waals surface area contributed by atoms with Crippen molar-refractivity contribution < 1.29 is 8.42 Å². The Labute approximate surface area is 226 Å². The zero-order valence-corrected chi connectivity index (χ0v) is 23.3. The fourth-order valence-corrected chi connectivity index (χ4v) is 6.86. The van der Waals surface area contributed by atoms with Crippen molar-refractivity contribution in [3.63, 3.8) is 0 Å². The molecular formula is C31H36N4O2S. The summed E-state index contributed by atoms with van der Waals surface area (Å²) in [6.45, 7) is 9.41. The van der Waals surface area contributed by atoms with Gasteiger partial charge in [-0.15, -0.1) is 0 Å². The first-order chi connectivity index (χ1) is 18.1. The Bertz CT molecular complexity index is 1460. The molecule has 0 saturated carbocycles. The molecule has 0 aliphatic carbocycles. The molecule has 3 aromatic carbocycles. The SMILES string of the molecule is CC(c1ccccc1)N1CC(S(=O)(=O)c2ccc(C(C)(C)C)cc2)Cc2ccccc2N1Cc1ncc[nH]1. The Morgan fingerprint density at radius 3 is 2.32 bits per heavy atom. The number of para-hydroxylation sites is 1. The van der Waals surface area contributed by atoms with Crippen LogP contribution in [0.4, 0.5) is 5.69 Å². The minimum atomic E-state index is -3.62. The maximum absolute atomic E-state index is 14.2. The minimum absolute atomic E-state index is 0.0438. The topological polar surface area (TPSA) is 69.3 Å². The smallest absolute Gasteiger partial charge is 0.182 e. The number of H-pyrrole nitrogens is 1. The number of anilines is 1. The van der Waals surface area contributed by atoms with Crippen LogP contribution in [0.25, 0.3) is 0 Å². The van der Waals surface area contributed by atoms with E-state index in [9.17, 15) is 8.42 Å². The third-order valence-electron chi connectivity index (χ3n) is 7.49. The number of hydrogen-bond acceptors (Lipinski definition) is 5. The molecule has 0 spiro atoms. The van der Waals surface area contributed by atoms with Gasteiger partial charge in [0.2, 0.25) is 0 Å². The van der Waals surface area contributed by atoms with Crippen LogP contribution in [0.5, 0.6) is 0 Å². The van der Waals surface area contributed by atoms with Gasteiger partial charge < -0.3 is 4.98 Å². The number of rotatable bonds is 6. The molecule has 198 valence electrons. The molecular weight excluding hydrogens is 492 g/mol. The zero-order valence-electron chi connectivity index (χ0n) is 22.5. The minimum Gasteiger partial charge on any atom is -0.347 e. The van der Waals surface area contributed by atoms with E-state index < -0.39 is 15.1 Å². The molecule has 1 aliphatic heterocycles. The molecule has 38 heavy (non-hydrogen) atoms. The van der Waals surface area contributed by atoms with Gasteiger partial charge in [-0.25, -0.2) is 18.4 Å². The normalized spacial score (nSPS) is 17.6. The van der Waals surface area contributed by atoms with Gasteiger partial charge in [0.15, 0.2) is 9.84 Å². The fraction of sp³-hybridized carbons (Fsp3) is 0.323. The van der Waals surface area contributed by atoms with E-state index in [0.717, 1.165) is 28.2 Å². The summed E-state index contributed by atoms with van der Waals surface area (Å²) < 4.78 is 28.4. The van der Waals surface area contributed by atoms with Gasteiger partial charge in [-0.2, -0.15) is 0 Å². The average molecular weight is 529 g/mol. The van der Waals surface area contributed by atoms with E-state index in [4.69, 9.17) is 0 Å². The quantitative estimate of drug-likeness (QED) is 0.328. The van der Waals surface area contributed by atoms with Crippen LogP contribution in [0.1, 0.15) is 56.3 Å². The maximum Gasteiger partial charge on any atom is 0.182 e. The van der Waals surface area contributed by atoms with E-state index in [0.29, 0.717) is 24.4 Å². The van der Waals surface area contributed by atoms with E-state index in [1.54, 1.807) is 18.3 Å². The Hall–Kier alpha value is -3.42. The molecule has 4 aromatic rings. The van der Waals surface area contributed by atoms with Crippen LogP contribution in [-0.2, 0) is 28.2 Å². The summed E-state index contributed by atoms with van der Waals surface area (Å²) in [4.78, 5) is 8.08. The Morgan fingerprint density at radius 2 is 1.66 bits per heavy atom. The van der Waals surface area contributed by atoms with Gasteiger partial charge >= 0.3 is 0 Å². The number of sulfone groups is 1. The molecule has 1 aromatic heterocycles. The van der Waals surface area contributed by atoms with Crippen molar-refractivity contribution >= 4 is 15.5 Å². The van der Waals surface area contributed by atoms with Crippen molar-refractivity contribution in [2.45, 2.75) is 62.3 Å². The number of nitrogens with zero attached hydrogens (tertiary/aromatic N) is 3. The van der Waals surface area contributed by atoms with Crippen LogP contribution < -0.4 is 5.01 Å². The lowest BCUT2D eigenvalue weighted by atomic mass is 9.87. The largest absolute Gasteiger partial charge is 0.347 e. The summed E-state index contributed by atoms with van der Waals surface area (Å²) >= 11 is 0. The van der Waals surface area contributed by atoms with Gasteiger partial charge in [0.1, 0.15) is 5.82 Å². The Morgan fingerprint density at radius 1 is 0.974 bits per heavy atom. The highest BCUT2D eigenvalue weighted by atomic mass is 32.2. The van der Waals surface area contributed by atoms with Gasteiger partial charge in [0.05, 0.1) is 28.4 Å². The molecule has 2 atom stereocenters. The number of imidazole rings is 1. The lowest BCUT2D eigenvalue weighted by molar-refractivity contribution is 0.187. The second-order valence-electron chi connectivity index (χ2n) is 11.1. The molecule has 5 rings (SSSR count). The lowest BCUT2D eigenvalue weighted by Crippen LogP contribution is -2.48. The van der Waals surface area contributed by atoms with Crippen LogP contribution in [0, 0.1) is 0 Å². The molecule has 6 nitrogen and oxygen atoms in total. The van der Waals surface area contributed by atoms with Crippen LogP contribution in [0.3, 0.4) is 0 Å². The van der Waals surface area contributed by atoms with Crippen LogP contribution >= 0.6 is 0 Å². The molecule has 0 amide bonds. The Balaban J connectivity index is 1.59. The number of aromatic nitrogens is 2. The van der Waals surface area contributed by atoms with Gasteiger partial charge in [0, 0.05) is 18.9 Å². The summed E-state index contributed by atoms with van der Waals surface area (Å²) in [6, 6.07) is 25.8. The van der Waals surface area contributed by atoms with E-state index in [1.807, 2.05) is 54.7 Å². The third-order valence-corrected chi connectivity index (χ3v) is 9.61. The van der Waals surface area contributed by atoms with Crippen molar-refractivity contribution in [1.29, 1.82) is 0 Å². The first-order valence-corrected chi connectivity index (χ1v) is 14.7. The molecule has 0 fully saturated rings. The van der Waals surface area contributed by atoms with Crippen molar-refractivity contribution in [1.82, 2.24) is 15.0 Å². The molecule has 0 saturated heterocycles. The lowest BCUT2D eigenvalue weighted by Gasteiger charge is -2.40. The number of fused-ring (bicyclic) bond motifs is 1. The molecule has 2 unspecified atom stereocenters. The van der Waals surface area contributed by atoms with Gasteiger partial charge in [-0.3, -0.25) is 5.01 Å². The maximum atomic E-state index is 14.2. The van der Waals surface area contributed by atoms with Crippen molar-refractivity contribution in [3.8, 4) is 0 Å². The standard InChI is InChI=1S/C31H36N4O2S/c1-23(24-10-6-5-7-11-24)34-21-28(38(36,37)27-16-14-26(15-17-27)31(2,3)4)20-25-12-8-9-13-29(25)35(34)22-30-32-18-19-33-30/h5-19,23,28H,20-22H2,1-4H3,(H,32,33). The summed E-state index contributed by atoms with van der Waals surface area (Å²) in [5, 5.41) is 3.79. The molecule has 7 heteroatoms. The second-order valence-corrected chi connectivity index (χ2v) is 13.3. The van der Waals surface area contributed by atoms with Gasteiger partial charge in [-0.05, 0) is 53.6 Å². The van der Waals surface area contributed by atoms with E-state index in [2.05, 4.69) is 65.9 Å². The van der Waals surface area contributed by atoms with Crippen LogP contribution in [0.2, 0.25) is 0 Å².